The third kappa shape index (κ3) is 13.8. The lowest BCUT2D eigenvalue weighted by molar-refractivity contribution is -0.0435. The molecule has 0 amide bonds. The Bertz CT molecular complexity index is 3410. The maximum Gasteiger partial charge on any atom is 0.501 e. The minimum atomic E-state index is -6.04. The van der Waals surface area contributed by atoms with Crippen molar-refractivity contribution in [2.45, 2.75) is 103 Å². The Morgan fingerprint density at radius 3 is 1.96 bits per heavy atom. The average molecular weight is 1170 g/mol. The summed E-state index contributed by atoms with van der Waals surface area (Å²) in [6.07, 6.45) is 3.52. The molecule has 1 aromatic heterocycles. The Kier molecular flexibility index (Phi) is 18.3. The monoisotopic (exact) mass is 1170 g/mol. The Morgan fingerprint density at radius 2 is 1.37 bits per heavy atom. The molecule has 0 bridgehead atoms. The Balaban J connectivity index is 0.977. The minimum absolute atomic E-state index is 0.0853. The number of likely N-dealkylation sites (tertiary alicyclic amines) is 1. The maximum atomic E-state index is 15.8. The molecule has 3 N–H and O–H groups in total. The van der Waals surface area contributed by atoms with Crippen LogP contribution >= 0.6 is 23.4 Å². The van der Waals surface area contributed by atoms with Gasteiger partial charge in [-0.2, -0.15) is 13.2 Å². The normalized spacial score (nSPS) is 15.8. The van der Waals surface area contributed by atoms with Crippen molar-refractivity contribution in [1.29, 1.82) is 0 Å². The van der Waals surface area contributed by atoms with Crippen LogP contribution in [0, 0.1) is 12.7 Å². The van der Waals surface area contributed by atoms with Crippen molar-refractivity contribution in [2.75, 3.05) is 77.7 Å². The molecule has 13 nitrogen and oxygen atoms in total. The van der Waals surface area contributed by atoms with Crippen LogP contribution in [0.4, 0.5) is 40.3 Å². The van der Waals surface area contributed by atoms with E-state index in [-0.39, 0.29) is 22.3 Å². The quantitative estimate of drug-likeness (QED) is 0.0493. The third-order valence-electron chi connectivity index (χ3n) is 14.1. The molecular weight excluding hydrogens is 1110 g/mol. The van der Waals surface area contributed by atoms with E-state index >= 15 is 4.39 Å². The molecule has 6 aromatic rings. The lowest BCUT2D eigenvalue weighted by Crippen LogP contribution is -2.46. The first kappa shape index (κ1) is 58.8. The molecule has 0 unspecified atom stereocenters. The summed E-state index contributed by atoms with van der Waals surface area (Å²) >= 11 is 7.73. The average Bonchev–Trinajstić information content (AvgIpc) is 3.93. The van der Waals surface area contributed by atoms with Gasteiger partial charge in [0.1, 0.15) is 10.7 Å². The van der Waals surface area contributed by atoms with E-state index in [1.165, 1.54) is 36.0 Å². The number of sulfone groups is 2. The van der Waals surface area contributed by atoms with Crippen LogP contribution in [0.2, 0.25) is 5.02 Å². The molecule has 0 aliphatic carbocycles. The molecule has 2 saturated heterocycles. The van der Waals surface area contributed by atoms with Crippen LogP contribution in [0.5, 0.6) is 0 Å². The van der Waals surface area contributed by atoms with Crippen molar-refractivity contribution < 1.29 is 42.8 Å². The van der Waals surface area contributed by atoms with Crippen LogP contribution in [0.3, 0.4) is 0 Å². The lowest BCUT2D eigenvalue weighted by Gasteiger charge is -2.37. The second-order valence-corrected chi connectivity index (χ2v) is 27.6. The van der Waals surface area contributed by atoms with Crippen LogP contribution in [-0.4, -0.2) is 116 Å². The summed E-state index contributed by atoms with van der Waals surface area (Å²) < 4.78 is 145. The first-order valence-corrected chi connectivity index (χ1v) is 32.0. The van der Waals surface area contributed by atoms with Gasteiger partial charge in [0.2, 0.25) is 0 Å². The van der Waals surface area contributed by atoms with Gasteiger partial charge in [-0.15, -0.1) is 11.8 Å². The van der Waals surface area contributed by atoms with E-state index in [1.807, 2.05) is 65.8 Å². The molecule has 2 fully saturated rings. The van der Waals surface area contributed by atoms with Crippen LogP contribution in [-0.2, 0) is 29.7 Å². The molecule has 420 valence electrons. The Hall–Kier alpha value is -5.29. The number of halogens is 5. The number of piperazine rings is 1. The van der Waals surface area contributed by atoms with E-state index in [1.54, 1.807) is 37.3 Å². The van der Waals surface area contributed by atoms with Gasteiger partial charge < -0.3 is 29.9 Å². The Morgan fingerprint density at radius 1 is 0.744 bits per heavy atom. The largest absolute Gasteiger partial charge is 0.501 e. The van der Waals surface area contributed by atoms with Gasteiger partial charge >= 0.3 is 5.51 Å². The third-order valence-corrected chi connectivity index (χ3v) is 19.6. The summed E-state index contributed by atoms with van der Waals surface area (Å²) in [5.41, 5.74) is -2.03. The van der Waals surface area contributed by atoms with E-state index in [2.05, 4.69) is 39.0 Å². The van der Waals surface area contributed by atoms with E-state index in [9.17, 15) is 38.4 Å². The zero-order valence-corrected chi connectivity index (χ0v) is 48.3. The van der Waals surface area contributed by atoms with Crippen molar-refractivity contribution >= 4 is 75.8 Å². The fourth-order valence-corrected chi connectivity index (χ4v) is 14.9. The van der Waals surface area contributed by atoms with Gasteiger partial charge in [-0.25, -0.2) is 29.6 Å². The fraction of sp³-hybridized carbons (Fsp3) is 0.393. The zero-order valence-electron chi connectivity index (χ0n) is 44.3. The van der Waals surface area contributed by atoms with Crippen LogP contribution in [0.1, 0.15) is 58.7 Å². The summed E-state index contributed by atoms with van der Waals surface area (Å²) in [4.78, 5) is 5.52. The number of rotatable bonds is 20. The predicted molar refractivity (Wildman–Crippen MR) is 307 cm³/mol. The van der Waals surface area contributed by atoms with Crippen molar-refractivity contribution in [2.24, 2.45) is 0 Å². The fourth-order valence-electron chi connectivity index (χ4n) is 10.4. The van der Waals surface area contributed by atoms with Gasteiger partial charge in [-0.3, -0.25) is 4.72 Å². The summed E-state index contributed by atoms with van der Waals surface area (Å²) in [5.74, 6) is -0.154. The highest BCUT2D eigenvalue weighted by Gasteiger charge is 2.48. The smallest absolute Gasteiger partial charge is 0.380 e. The molecule has 3 heterocycles. The first-order valence-electron chi connectivity index (χ1n) is 25.8. The van der Waals surface area contributed by atoms with Crippen molar-refractivity contribution in [3.05, 3.63) is 132 Å². The second kappa shape index (κ2) is 24.2. The molecule has 1 atom stereocenters. The van der Waals surface area contributed by atoms with E-state index < -0.39 is 56.9 Å². The van der Waals surface area contributed by atoms with Crippen molar-refractivity contribution in [1.82, 2.24) is 14.8 Å². The van der Waals surface area contributed by atoms with Gasteiger partial charge in [-0.1, -0.05) is 55.8 Å². The zero-order chi connectivity index (χ0) is 56.3. The standard InChI is InChI=1S/C56H66ClF4N7O6S4/c1-37(2)62-44-22-25-65(26-23-44)27-24-46(36-75-49-10-8-7-9-11-49)63-51-21-20-50(35-52(51)77(71,72)56(59,60)61)78(73,74)64-45-16-18-47(19-17-45)66-28-30-67(31-29-66)48-33-41(32-43(58)34-48)53-54(40-12-14-42(57)15-13-40)68(38(3)4)39(5)55(53)76(6,69)70/h7-21,32-35,37-38,44,46,62-64H,22-31,36H2,1-6H3/t46-/m1/s1. The molecule has 0 radical (unpaired) electrons. The SMILES string of the molecule is Cc1c(S(C)(=O)=O)c(-c2cc(F)cc(N3CCN(c4ccc(NS(=O)(=O)c5ccc(N[C@H](CCN6CCC(NC(C)C)CC6)CSc6ccccc6)c(S(=O)(=O)C(F)(F)F)c5)cc4)CC3)c2)c(-c2ccc(Cl)cc2)n1C(C)C. The van der Waals surface area contributed by atoms with E-state index in [0.717, 1.165) is 60.5 Å². The number of nitrogens with one attached hydrogen (secondary N) is 3. The van der Waals surface area contributed by atoms with Crippen LogP contribution in [0.25, 0.3) is 22.4 Å². The Labute approximate surface area is 465 Å². The van der Waals surface area contributed by atoms with Gasteiger partial charge in [0.05, 0.1) is 21.2 Å². The number of hydrogen-bond acceptors (Lipinski definition) is 12. The molecule has 22 heteroatoms. The number of thioether (sulfide) groups is 1. The molecule has 8 rings (SSSR count). The summed E-state index contributed by atoms with van der Waals surface area (Å²) in [6.45, 7) is 14.0. The summed E-state index contributed by atoms with van der Waals surface area (Å²) in [6, 6.07) is 30.3. The molecule has 5 aromatic carbocycles. The molecule has 0 spiro atoms. The first-order chi connectivity index (χ1) is 36.8. The lowest BCUT2D eigenvalue weighted by atomic mass is 9.99. The highest BCUT2D eigenvalue weighted by Crippen LogP contribution is 2.45. The number of hydrogen-bond donors (Lipinski definition) is 3. The predicted octanol–water partition coefficient (Wildman–Crippen LogP) is 11.8. The maximum absolute atomic E-state index is 15.8. The highest BCUT2D eigenvalue weighted by atomic mass is 35.5. The van der Waals surface area contributed by atoms with E-state index in [0.29, 0.717) is 96.3 Å². The van der Waals surface area contributed by atoms with Gasteiger partial charge in [0, 0.05) is 107 Å². The van der Waals surface area contributed by atoms with E-state index in [4.69, 9.17) is 11.6 Å². The minimum Gasteiger partial charge on any atom is -0.380 e. The number of sulfonamides is 1. The number of benzene rings is 5. The van der Waals surface area contributed by atoms with Gasteiger partial charge in [0.25, 0.3) is 19.9 Å². The number of anilines is 4. The van der Waals surface area contributed by atoms with Crippen molar-refractivity contribution in [3.8, 4) is 22.4 Å². The summed E-state index contributed by atoms with van der Waals surface area (Å²) in [5, 5.41) is 7.16. The van der Waals surface area contributed by atoms with Crippen molar-refractivity contribution in [3.63, 3.8) is 0 Å². The molecule has 0 saturated carbocycles. The second-order valence-electron chi connectivity index (χ2n) is 20.5. The highest BCUT2D eigenvalue weighted by molar-refractivity contribution is 7.99. The topological polar surface area (TPSA) is 153 Å². The number of alkyl halides is 3. The number of aromatic nitrogens is 1. The van der Waals surface area contributed by atoms with Crippen LogP contribution < -0.4 is 25.2 Å². The number of nitrogens with zero attached hydrogens (tertiary/aromatic N) is 4. The molecule has 2 aliphatic rings. The molecule has 2 aliphatic heterocycles. The molecular formula is C56H66ClF4N7O6S4. The summed E-state index contributed by atoms with van der Waals surface area (Å²) in [7, 11) is -14.5. The molecule has 78 heavy (non-hydrogen) atoms. The van der Waals surface area contributed by atoms with Crippen LogP contribution in [0.15, 0.2) is 135 Å². The van der Waals surface area contributed by atoms with Gasteiger partial charge in [-0.05, 0) is 149 Å². The van der Waals surface area contributed by atoms with Gasteiger partial charge in [0.15, 0.2) is 9.84 Å². The number of piperidine rings is 1.